The van der Waals surface area contributed by atoms with E-state index in [4.69, 9.17) is 0 Å². The monoisotopic (exact) mass is 440 g/mol. The van der Waals surface area contributed by atoms with Gasteiger partial charge in [0.25, 0.3) is 0 Å². The number of pyridine rings is 1. The molecule has 0 saturated heterocycles. The predicted octanol–water partition coefficient (Wildman–Crippen LogP) is 6.33. The Balaban J connectivity index is 1.69. The predicted molar refractivity (Wildman–Crippen MR) is 128 cm³/mol. The van der Waals surface area contributed by atoms with Crippen LogP contribution in [-0.4, -0.2) is 13.4 Å². The summed E-state index contributed by atoms with van der Waals surface area (Å²) in [6.45, 7) is 6.41. The van der Waals surface area contributed by atoms with Gasteiger partial charge in [0.1, 0.15) is 0 Å². The molecule has 4 nitrogen and oxygen atoms in total. The van der Waals surface area contributed by atoms with Crippen LogP contribution >= 0.6 is 0 Å². The second-order valence-corrected chi connectivity index (χ2v) is 10.5. The standard InChI is InChI=1S/C27H24N2O2S/c1-19-17-26(32(30,31)20-11-5-4-6-12-20)28-18-25(19)29-23-15-9-7-13-21(23)27(2,3)22-14-8-10-16-24(22)29/h4-18H,1-3H3. The Morgan fingerprint density at radius 3 is 1.84 bits per heavy atom. The SMILES string of the molecule is Cc1cc(S(=O)(=O)c2ccccc2)ncc1N1c2ccccc2C(C)(C)c2ccccc21. The van der Waals surface area contributed by atoms with Gasteiger partial charge in [-0.3, -0.25) is 0 Å². The molecule has 32 heavy (non-hydrogen) atoms. The summed E-state index contributed by atoms with van der Waals surface area (Å²) in [6.07, 6.45) is 1.68. The normalized spacial score (nSPS) is 14.5. The van der Waals surface area contributed by atoms with E-state index in [0.29, 0.717) is 0 Å². The number of anilines is 3. The average Bonchev–Trinajstić information content (AvgIpc) is 2.81. The summed E-state index contributed by atoms with van der Waals surface area (Å²) in [4.78, 5) is 6.85. The van der Waals surface area contributed by atoms with Crippen molar-refractivity contribution in [1.29, 1.82) is 0 Å². The van der Waals surface area contributed by atoms with Gasteiger partial charge in [-0.2, -0.15) is 0 Å². The van der Waals surface area contributed by atoms with Gasteiger partial charge in [-0.1, -0.05) is 68.4 Å². The Bertz CT molecular complexity index is 1380. The molecule has 1 aromatic heterocycles. The van der Waals surface area contributed by atoms with Gasteiger partial charge in [-0.25, -0.2) is 13.4 Å². The van der Waals surface area contributed by atoms with Gasteiger partial charge in [0.05, 0.1) is 28.2 Å². The quantitative estimate of drug-likeness (QED) is 0.373. The van der Waals surface area contributed by atoms with Crippen molar-refractivity contribution in [1.82, 2.24) is 4.98 Å². The number of hydrogen-bond acceptors (Lipinski definition) is 4. The molecule has 0 spiro atoms. The van der Waals surface area contributed by atoms with E-state index in [2.05, 4.69) is 60.1 Å². The zero-order chi connectivity index (χ0) is 22.5. The van der Waals surface area contributed by atoms with Crippen LogP contribution in [0.15, 0.2) is 101 Å². The maximum Gasteiger partial charge on any atom is 0.223 e. The van der Waals surface area contributed by atoms with Crippen molar-refractivity contribution in [2.24, 2.45) is 0 Å². The highest BCUT2D eigenvalue weighted by Gasteiger charge is 2.37. The van der Waals surface area contributed by atoms with Gasteiger partial charge in [-0.15, -0.1) is 0 Å². The van der Waals surface area contributed by atoms with Crippen molar-refractivity contribution < 1.29 is 8.42 Å². The molecule has 160 valence electrons. The van der Waals surface area contributed by atoms with E-state index in [1.807, 2.05) is 19.1 Å². The van der Waals surface area contributed by atoms with Crippen LogP contribution in [-0.2, 0) is 15.3 Å². The number of aryl methyl sites for hydroxylation is 1. The van der Waals surface area contributed by atoms with Crippen LogP contribution in [0.4, 0.5) is 17.1 Å². The summed E-state index contributed by atoms with van der Waals surface area (Å²) in [5.41, 5.74) is 6.17. The van der Waals surface area contributed by atoms with Crippen LogP contribution in [0.25, 0.3) is 0 Å². The third-order valence-electron chi connectivity index (χ3n) is 6.26. The second-order valence-electron chi connectivity index (χ2n) is 8.62. The first kappa shape index (κ1) is 20.5. The Kier molecular flexibility index (Phi) is 4.68. The highest BCUT2D eigenvalue weighted by molar-refractivity contribution is 7.91. The summed E-state index contributed by atoms with van der Waals surface area (Å²) in [7, 11) is -3.68. The molecular weight excluding hydrogens is 416 g/mol. The van der Waals surface area contributed by atoms with E-state index < -0.39 is 9.84 Å². The van der Waals surface area contributed by atoms with Gasteiger partial charge in [-0.05, 0) is 53.9 Å². The van der Waals surface area contributed by atoms with E-state index in [1.165, 1.54) is 11.1 Å². The molecule has 0 fully saturated rings. The molecule has 0 saturated carbocycles. The van der Waals surface area contributed by atoms with E-state index >= 15 is 0 Å². The minimum atomic E-state index is -3.68. The largest absolute Gasteiger partial charge is 0.308 e. The Morgan fingerprint density at radius 1 is 0.750 bits per heavy atom. The maximum atomic E-state index is 13.1. The van der Waals surface area contributed by atoms with Crippen molar-refractivity contribution in [3.63, 3.8) is 0 Å². The third kappa shape index (κ3) is 3.04. The number of nitrogens with zero attached hydrogens (tertiary/aromatic N) is 2. The first-order valence-corrected chi connectivity index (χ1v) is 12.1. The molecular formula is C27H24N2O2S. The first-order chi connectivity index (χ1) is 15.3. The lowest BCUT2D eigenvalue weighted by Gasteiger charge is -2.42. The van der Waals surface area contributed by atoms with Gasteiger partial charge in [0.15, 0.2) is 5.03 Å². The third-order valence-corrected chi connectivity index (χ3v) is 7.93. The molecule has 0 aliphatic carbocycles. The lowest BCUT2D eigenvalue weighted by molar-refractivity contribution is 0.592. The zero-order valence-corrected chi connectivity index (χ0v) is 19.1. The number of rotatable bonds is 3. The molecule has 1 aliphatic rings. The number of benzene rings is 3. The van der Waals surface area contributed by atoms with Crippen LogP contribution in [0, 0.1) is 6.92 Å². The fraction of sp³-hybridized carbons (Fsp3) is 0.148. The Hall–Kier alpha value is -3.44. The molecule has 0 bridgehead atoms. The molecule has 3 aromatic carbocycles. The first-order valence-electron chi connectivity index (χ1n) is 10.6. The number of aromatic nitrogens is 1. The van der Waals surface area contributed by atoms with E-state index in [0.717, 1.165) is 22.6 Å². The fourth-order valence-corrected chi connectivity index (χ4v) is 5.83. The smallest absolute Gasteiger partial charge is 0.223 e. The molecule has 4 aromatic rings. The highest BCUT2D eigenvalue weighted by Crippen LogP contribution is 2.52. The van der Waals surface area contributed by atoms with Crippen molar-refractivity contribution in [3.05, 3.63) is 108 Å². The molecule has 1 aliphatic heterocycles. The van der Waals surface area contributed by atoms with Crippen molar-refractivity contribution >= 4 is 26.9 Å². The van der Waals surface area contributed by atoms with Crippen LogP contribution in [0.2, 0.25) is 0 Å². The van der Waals surface area contributed by atoms with Crippen molar-refractivity contribution in [2.45, 2.75) is 36.1 Å². The van der Waals surface area contributed by atoms with Crippen LogP contribution in [0.1, 0.15) is 30.5 Å². The number of para-hydroxylation sites is 2. The van der Waals surface area contributed by atoms with E-state index in [9.17, 15) is 8.42 Å². The molecule has 2 heterocycles. The molecule has 0 amide bonds. The van der Waals surface area contributed by atoms with Gasteiger partial charge in [0.2, 0.25) is 9.84 Å². The maximum absolute atomic E-state index is 13.1. The van der Waals surface area contributed by atoms with Crippen molar-refractivity contribution in [2.75, 3.05) is 4.90 Å². The number of sulfone groups is 1. The van der Waals surface area contributed by atoms with Gasteiger partial charge < -0.3 is 4.90 Å². The van der Waals surface area contributed by atoms with Gasteiger partial charge in [0, 0.05) is 5.41 Å². The lowest BCUT2D eigenvalue weighted by atomic mass is 9.73. The lowest BCUT2D eigenvalue weighted by Crippen LogP contribution is -2.30. The van der Waals surface area contributed by atoms with E-state index in [-0.39, 0.29) is 15.3 Å². The fourth-order valence-electron chi connectivity index (χ4n) is 4.55. The van der Waals surface area contributed by atoms with Crippen LogP contribution < -0.4 is 4.90 Å². The number of hydrogen-bond donors (Lipinski definition) is 0. The molecule has 0 unspecified atom stereocenters. The highest BCUT2D eigenvalue weighted by atomic mass is 32.2. The summed E-state index contributed by atoms with van der Waals surface area (Å²) in [6, 6.07) is 26.8. The summed E-state index contributed by atoms with van der Waals surface area (Å²) >= 11 is 0. The molecule has 0 radical (unpaired) electrons. The molecule has 5 rings (SSSR count). The second kappa shape index (κ2) is 7.31. The Labute approximate surface area is 189 Å². The zero-order valence-electron chi connectivity index (χ0n) is 18.3. The van der Waals surface area contributed by atoms with Crippen LogP contribution in [0.3, 0.4) is 0 Å². The van der Waals surface area contributed by atoms with Crippen LogP contribution in [0.5, 0.6) is 0 Å². The molecule has 5 heteroatoms. The minimum absolute atomic E-state index is 0.0591. The van der Waals surface area contributed by atoms with E-state index in [1.54, 1.807) is 42.6 Å². The van der Waals surface area contributed by atoms with Gasteiger partial charge >= 0.3 is 0 Å². The summed E-state index contributed by atoms with van der Waals surface area (Å²) in [5.74, 6) is 0. The minimum Gasteiger partial charge on any atom is -0.308 e. The average molecular weight is 441 g/mol. The summed E-state index contributed by atoms with van der Waals surface area (Å²) in [5, 5.41) is 0.0591. The van der Waals surface area contributed by atoms with Crippen molar-refractivity contribution in [3.8, 4) is 0 Å². The summed E-state index contributed by atoms with van der Waals surface area (Å²) < 4.78 is 26.2. The molecule has 0 N–H and O–H groups in total. The number of fused-ring (bicyclic) bond motifs is 2. The topological polar surface area (TPSA) is 50.3 Å². The molecule has 0 atom stereocenters. The Morgan fingerprint density at radius 2 is 1.28 bits per heavy atom.